The van der Waals surface area contributed by atoms with E-state index in [4.69, 9.17) is 37.0 Å². The molecule has 0 spiro atoms. The van der Waals surface area contributed by atoms with Crippen molar-refractivity contribution < 1.29 is 80.2 Å². The Kier molecular flexibility index (Phi) is 66.8. The van der Waals surface area contributed by atoms with Gasteiger partial charge in [0.05, 0.1) is 26.4 Å². The third-order valence-electron chi connectivity index (χ3n) is 17.5. The molecule has 0 saturated heterocycles. The van der Waals surface area contributed by atoms with Gasteiger partial charge in [0.2, 0.25) is 0 Å². The number of rotatable bonds is 75. The quantitative estimate of drug-likeness (QED) is 0.0222. The maximum Gasteiger partial charge on any atom is 0.472 e. The highest BCUT2D eigenvalue weighted by Gasteiger charge is 2.30. The molecule has 3 N–H and O–H groups in total. The van der Waals surface area contributed by atoms with Crippen molar-refractivity contribution in [3.05, 3.63) is 0 Å². The number of phosphoric acid groups is 2. The molecule has 0 aromatic rings. The van der Waals surface area contributed by atoms with Crippen molar-refractivity contribution in [3.8, 4) is 0 Å². The van der Waals surface area contributed by atoms with E-state index in [-0.39, 0.29) is 25.7 Å². The van der Waals surface area contributed by atoms with E-state index < -0.39 is 97.5 Å². The second kappa shape index (κ2) is 68.2. The lowest BCUT2D eigenvalue weighted by molar-refractivity contribution is -0.161. The minimum Gasteiger partial charge on any atom is -0.462 e. The van der Waals surface area contributed by atoms with Gasteiger partial charge in [-0.05, 0) is 31.6 Å². The lowest BCUT2D eigenvalue weighted by Crippen LogP contribution is -2.30. The third kappa shape index (κ3) is 68.6. The average Bonchev–Trinajstić information content (AvgIpc) is 1.54. The van der Waals surface area contributed by atoms with Gasteiger partial charge in [-0.3, -0.25) is 37.3 Å². The Morgan fingerprint density at radius 3 is 0.723 bits per heavy atom. The summed E-state index contributed by atoms with van der Waals surface area (Å²) in [4.78, 5) is 72.7. The van der Waals surface area contributed by atoms with Crippen molar-refractivity contribution in [1.29, 1.82) is 0 Å². The Morgan fingerprint density at radius 1 is 0.287 bits per heavy atom. The zero-order valence-corrected chi connectivity index (χ0v) is 62.9. The molecule has 19 heteroatoms. The van der Waals surface area contributed by atoms with Gasteiger partial charge in [-0.1, -0.05) is 343 Å². The third-order valence-corrected chi connectivity index (χ3v) is 19.4. The van der Waals surface area contributed by atoms with E-state index in [1.165, 1.54) is 218 Å². The Labute approximate surface area is 575 Å². The summed E-state index contributed by atoms with van der Waals surface area (Å²) >= 11 is 0. The fraction of sp³-hybridized carbons (Fsp3) is 0.947. The summed E-state index contributed by atoms with van der Waals surface area (Å²) in [6.07, 6.45) is 56.7. The topological polar surface area (TPSA) is 237 Å². The number of unbranched alkanes of at least 4 members (excludes halogenated alkanes) is 47. The van der Waals surface area contributed by atoms with Crippen molar-refractivity contribution >= 4 is 39.5 Å². The number of hydrogen-bond acceptors (Lipinski definition) is 15. The highest BCUT2D eigenvalue weighted by Crippen LogP contribution is 2.45. The molecule has 5 atom stereocenters. The fourth-order valence-electron chi connectivity index (χ4n) is 11.5. The number of carbonyl (C=O) groups excluding carboxylic acids is 4. The first-order valence-electron chi connectivity index (χ1n) is 39.1. The molecule has 0 saturated carbocycles. The molecule has 0 aliphatic carbocycles. The minimum atomic E-state index is -4.96. The first-order valence-corrected chi connectivity index (χ1v) is 42.1. The van der Waals surface area contributed by atoms with Crippen LogP contribution in [0.5, 0.6) is 0 Å². The SMILES string of the molecule is CCCCCCCCCCCCCCCCCCC(=O)OC[C@H](COP(=O)(O)OC[C@@H](O)COP(=O)(O)OC[C@@H](COC(=O)CCCCCCCCCCC)OC(=O)CCCCCCCCCCCCCCC)OC(=O)CCCCCCCCCCCCCCCC(C)C. The van der Waals surface area contributed by atoms with Crippen molar-refractivity contribution in [3.63, 3.8) is 0 Å². The lowest BCUT2D eigenvalue weighted by Gasteiger charge is -2.21. The van der Waals surface area contributed by atoms with Crippen LogP contribution in [-0.4, -0.2) is 96.7 Å². The summed E-state index contributed by atoms with van der Waals surface area (Å²) < 4.78 is 68.5. The summed E-state index contributed by atoms with van der Waals surface area (Å²) in [7, 11) is -9.91. The first-order chi connectivity index (χ1) is 45.5. The monoisotopic (exact) mass is 1380 g/mol. The van der Waals surface area contributed by atoms with E-state index in [0.29, 0.717) is 25.7 Å². The van der Waals surface area contributed by atoms with Gasteiger partial charge < -0.3 is 33.8 Å². The van der Waals surface area contributed by atoms with Gasteiger partial charge in [0.15, 0.2) is 12.2 Å². The first kappa shape index (κ1) is 92.1. The maximum absolute atomic E-state index is 13.1. The van der Waals surface area contributed by atoms with E-state index >= 15 is 0 Å². The Morgan fingerprint density at radius 2 is 0.489 bits per heavy atom. The van der Waals surface area contributed by atoms with Crippen LogP contribution < -0.4 is 0 Å². The van der Waals surface area contributed by atoms with Crippen LogP contribution in [0.4, 0.5) is 0 Å². The van der Waals surface area contributed by atoms with E-state index in [2.05, 4.69) is 34.6 Å². The van der Waals surface area contributed by atoms with Crippen LogP contribution in [0.2, 0.25) is 0 Å². The number of aliphatic hydroxyl groups excluding tert-OH is 1. The number of esters is 4. The molecular weight excluding hydrogens is 1230 g/mol. The normalized spacial score (nSPS) is 14.0. The predicted molar refractivity (Wildman–Crippen MR) is 382 cm³/mol. The second-order valence-corrected chi connectivity index (χ2v) is 30.4. The largest absolute Gasteiger partial charge is 0.472 e. The summed E-state index contributed by atoms with van der Waals surface area (Å²) in [6, 6.07) is 0. The minimum absolute atomic E-state index is 0.108. The van der Waals surface area contributed by atoms with Crippen LogP contribution >= 0.6 is 15.6 Å². The Bertz CT molecular complexity index is 1810. The molecule has 2 unspecified atom stereocenters. The van der Waals surface area contributed by atoms with Gasteiger partial charge in [0.1, 0.15) is 19.3 Å². The number of hydrogen-bond donors (Lipinski definition) is 3. The molecule has 0 radical (unpaired) electrons. The van der Waals surface area contributed by atoms with Crippen LogP contribution in [-0.2, 0) is 65.4 Å². The summed E-state index contributed by atoms with van der Waals surface area (Å²) in [5.74, 6) is -1.33. The fourth-order valence-corrected chi connectivity index (χ4v) is 13.1. The van der Waals surface area contributed by atoms with E-state index in [1.807, 2.05) is 0 Å². The molecule has 0 heterocycles. The van der Waals surface area contributed by atoms with E-state index in [0.717, 1.165) is 95.8 Å². The van der Waals surface area contributed by atoms with Crippen LogP contribution in [0, 0.1) is 5.92 Å². The number of aliphatic hydroxyl groups is 1. The highest BCUT2D eigenvalue weighted by molar-refractivity contribution is 7.47. The molecule has 0 aliphatic heterocycles. The number of phosphoric ester groups is 2. The summed E-state index contributed by atoms with van der Waals surface area (Å²) in [6.45, 7) is 7.30. The zero-order chi connectivity index (χ0) is 69.1. The predicted octanol–water partition coefficient (Wildman–Crippen LogP) is 22.1. The van der Waals surface area contributed by atoms with E-state index in [9.17, 15) is 43.2 Å². The van der Waals surface area contributed by atoms with Crippen LogP contribution in [0.25, 0.3) is 0 Å². The van der Waals surface area contributed by atoms with Crippen LogP contribution in [0.1, 0.15) is 394 Å². The molecule has 0 bridgehead atoms. The number of carbonyl (C=O) groups is 4. The van der Waals surface area contributed by atoms with Crippen molar-refractivity contribution in [2.75, 3.05) is 39.6 Å². The van der Waals surface area contributed by atoms with Gasteiger partial charge in [-0.15, -0.1) is 0 Å². The van der Waals surface area contributed by atoms with E-state index in [1.54, 1.807) is 0 Å². The molecule has 17 nitrogen and oxygen atoms in total. The standard InChI is InChI=1S/C75H146O17P2/c1-6-9-12-15-18-21-23-25-26-27-31-34-39-44-49-54-59-73(78)86-65-71(92-75(80)61-56-51-46-41-36-32-28-30-33-38-42-47-52-57-68(4)5)67-90-94(83,84)88-63-69(76)62-87-93(81,82)89-66-70(64-85-72(77)58-53-48-43-37-20-17-14-11-8-3)91-74(79)60-55-50-45-40-35-29-24-22-19-16-13-10-7-2/h68-71,76H,6-67H2,1-5H3,(H,81,82)(H,83,84)/t69-,70+,71+/m0/s1. The molecule has 558 valence electrons. The van der Waals surface area contributed by atoms with Gasteiger partial charge in [-0.2, -0.15) is 0 Å². The molecule has 0 rings (SSSR count). The summed E-state index contributed by atoms with van der Waals surface area (Å²) in [5, 5.41) is 10.6. The molecular formula is C75H146O17P2. The second-order valence-electron chi connectivity index (χ2n) is 27.5. The van der Waals surface area contributed by atoms with Crippen LogP contribution in [0.3, 0.4) is 0 Å². The smallest absolute Gasteiger partial charge is 0.462 e. The average molecular weight is 1380 g/mol. The van der Waals surface area contributed by atoms with Crippen LogP contribution in [0.15, 0.2) is 0 Å². The van der Waals surface area contributed by atoms with Gasteiger partial charge in [0.25, 0.3) is 0 Å². The molecule has 0 amide bonds. The zero-order valence-electron chi connectivity index (χ0n) is 61.1. The molecule has 0 aliphatic rings. The Hall–Kier alpha value is -1.94. The molecule has 0 aromatic carbocycles. The number of ether oxygens (including phenoxy) is 4. The van der Waals surface area contributed by atoms with Gasteiger partial charge in [-0.25, -0.2) is 9.13 Å². The molecule has 94 heavy (non-hydrogen) atoms. The lowest BCUT2D eigenvalue weighted by atomic mass is 10.0. The maximum atomic E-state index is 13.1. The highest BCUT2D eigenvalue weighted by atomic mass is 31.2. The van der Waals surface area contributed by atoms with Gasteiger partial charge >= 0.3 is 39.5 Å². The van der Waals surface area contributed by atoms with Crippen molar-refractivity contribution in [2.24, 2.45) is 5.92 Å². The Balaban J connectivity index is 5.23. The van der Waals surface area contributed by atoms with Gasteiger partial charge in [0, 0.05) is 25.7 Å². The molecule has 0 aromatic heterocycles. The molecule has 0 fully saturated rings. The summed E-state index contributed by atoms with van der Waals surface area (Å²) in [5.41, 5.74) is 0. The van der Waals surface area contributed by atoms with Crippen molar-refractivity contribution in [1.82, 2.24) is 0 Å². The van der Waals surface area contributed by atoms with Crippen molar-refractivity contribution in [2.45, 2.75) is 412 Å².